The summed E-state index contributed by atoms with van der Waals surface area (Å²) >= 11 is 2.20. The van der Waals surface area contributed by atoms with E-state index < -0.39 is 22.8 Å². The molecule has 38 heavy (non-hydrogen) atoms. The molecule has 194 valence electrons. The van der Waals surface area contributed by atoms with Gasteiger partial charge in [-0.3, -0.25) is 25.0 Å². The summed E-state index contributed by atoms with van der Waals surface area (Å²) in [6, 6.07) is 14.1. The van der Waals surface area contributed by atoms with Crippen molar-refractivity contribution in [3.8, 4) is 5.75 Å². The number of aryl methyl sites for hydroxylation is 2. The van der Waals surface area contributed by atoms with Crippen molar-refractivity contribution >= 4 is 57.9 Å². The summed E-state index contributed by atoms with van der Waals surface area (Å²) in [5.41, 5.74) is 4.39. The zero-order valence-corrected chi connectivity index (χ0v) is 23.1. The highest BCUT2D eigenvalue weighted by molar-refractivity contribution is 14.1. The fourth-order valence-corrected chi connectivity index (χ4v) is 5.17. The van der Waals surface area contributed by atoms with Gasteiger partial charge in [-0.1, -0.05) is 35.4 Å². The van der Waals surface area contributed by atoms with E-state index in [1.165, 1.54) is 35.4 Å². The molecule has 1 N–H and O–H groups in total. The van der Waals surface area contributed by atoms with Gasteiger partial charge in [0.25, 0.3) is 17.5 Å². The van der Waals surface area contributed by atoms with Crippen molar-refractivity contribution in [3.63, 3.8) is 0 Å². The van der Waals surface area contributed by atoms with Gasteiger partial charge in [0.2, 0.25) is 0 Å². The van der Waals surface area contributed by atoms with Gasteiger partial charge in [0.15, 0.2) is 0 Å². The van der Waals surface area contributed by atoms with Crippen LogP contribution in [-0.2, 0) is 16.0 Å². The first-order valence-corrected chi connectivity index (χ1v) is 12.8. The molecular weight excluding hydrogens is 601 g/mol. The number of carbonyl (C=O) groups is 3. The maximum Gasteiger partial charge on any atom is 0.335 e. The van der Waals surface area contributed by atoms with Crippen molar-refractivity contribution in [1.29, 1.82) is 0 Å². The fraction of sp³-hybridized carbons (Fsp3) is 0.179. The van der Waals surface area contributed by atoms with Crippen molar-refractivity contribution in [2.45, 2.75) is 27.2 Å². The molecule has 0 saturated carbocycles. The number of rotatable bonds is 7. The average Bonchev–Trinajstić information content (AvgIpc) is 2.83. The molecule has 4 rings (SSSR count). The largest absolute Gasteiger partial charge is 0.494 e. The third kappa shape index (κ3) is 5.75. The van der Waals surface area contributed by atoms with E-state index >= 15 is 0 Å². The monoisotopic (exact) mass is 625 g/mol. The number of amides is 4. The van der Waals surface area contributed by atoms with E-state index in [9.17, 15) is 24.5 Å². The van der Waals surface area contributed by atoms with Crippen molar-refractivity contribution in [2.75, 3.05) is 11.5 Å². The lowest BCUT2D eigenvalue weighted by molar-refractivity contribution is -0.384. The van der Waals surface area contributed by atoms with Crippen molar-refractivity contribution in [1.82, 2.24) is 5.32 Å². The number of imide groups is 2. The van der Waals surface area contributed by atoms with Crippen LogP contribution >= 0.6 is 22.6 Å². The number of urea groups is 1. The summed E-state index contributed by atoms with van der Waals surface area (Å²) in [6.07, 6.45) is 2.03. The summed E-state index contributed by atoms with van der Waals surface area (Å²) in [4.78, 5) is 49.7. The van der Waals surface area contributed by atoms with Crippen LogP contribution in [0.3, 0.4) is 0 Å². The molecule has 0 radical (unpaired) electrons. The number of barbiturate groups is 1. The molecule has 1 aliphatic rings. The van der Waals surface area contributed by atoms with Gasteiger partial charge in [-0.25, -0.2) is 9.69 Å². The molecule has 3 aromatic rings. The van der Waals surface area contributed by atoms with Crippen molar-refractivity contribution < 1.29 is 24.0 Å². The van der Waals surface area contributed by atoms with E-state index in [-0.39, 0.29) is 16.9 Å². The Bertz CT molecular complexity index is 1490. The highest BCUT2D eigenvalue weighted by Crippen LogP contribution is 2.31. The maximum absolute atomic E-state index is 13.3. The minimum Gasteiger partial charge on any atom is -0.494 e. The Labute approximate surface area is 232 Å². The number of carbonyl (C=O) groups excluding carboxylic acids is 3. The number of nitrogens with one attached hydrogen (secondary N) is 1. The molecule has 0 atom stereocenters. The first-order valence-electron chi connectivity index (χ1n) is 11.8. The van der Waals surface area contributed by atoms with Gasteiger partial charge in [-0.05, 0) is 78.8 Å². The fourth-order valence-electron chi connectivity index (χ4n) is 4.35. The Hall–Kier alpha value is -4.06. The zero-order valence-electron chi connectivity index (χ0n) is 20.9. The van der Waals surface area contributed by atoms with Crippen LogP contribution in [0.1, 0.15) is 34.7 Å². The first kappa shape index (κ1) is 27.0. The van der Waals surface area contributed by atoms with Crippen LogP contribution in [0.25, 0.3) is 6.08 Å². The van der Waals surface area contributed by atoms with Gasteiger partial charge in [-0.2, -0.15) is 0 Å². The van der Waals surface area contributed by atoms with Gasteiger partial charge in [-0.15, -0.1) is 0 Å². The maximum atomic E-state index is 13.3. The van der Waals surface area contributed by atoms with Gasteiger partial charge in [0.1, 0.15) is 11.3 Å². The number of non-ortho nitro benzene ring substituents is 1. The number of nitro benzene ring substituents is 1. The second-order valence-corrected chi connectivity index (χ2v) is 9.98. The van der Waals surface area contributed by atoms with Crippen LogP contribution in [0.5, 0.6) is 5.75 Å². The van der Waals surface area contributed by atoms with Gasteiger partial charge in [0.05, 0.1) is 17.2 Å². The van der Waals surface area contributed by atoms with Crippen LogP contribution in [0.15, 0.2) is 60.2 Å². The van der Waals surface area contributed by atoms with Gasteiger partial charge < -0.3 is 4.74 Å². The summed E-state index contributed by atoms with van der Waals surface area (Å²) in [6.45, 7) is 6.39. The lowest BCUT2D eigenvalue weighted by Crippen LogP contribution is -2.54. The van der Waals surface area contributed by atoms with Gasteiger partial charge in [0, 0.05) is 27.7 Å². The molecule has 0 unspecified atom stereocenters. The van der Waals surface area contributed by atoms with E-state index in [0.717, 1.165) is 20.8 Å². The molecule has 1 saturated heterocycles. The second kappa shape index (κ2) is 11.1. The average molecular weight is 625 g/mol. The van der Waals surface area contributed by atoms with Crippen LogP contribution in [0.4, 0.5) is 16.2 Å². The third-order valence-electron chi connectivity index (χ3n) is 5.85. The Kier molecular flexibility index (Phi) is 7.91. The zero-order chi connectivity index (χ0) is 27.6. The lowest BCUT2D eigenvalue weighted by Gasteiger charge is -2.26. The molecule has 3 aromatic carbocycles. The smallest absolute Gasteiger partial charge is 0.335 e. The Balaban J connectivity index is 1.73. The molecule has 0 bridgehead atoms. The number of nitrogens with zero attached hydrogens (tertiary/aromatic N) is 2. The van der Waals surface area contributed by atoms with Crippen LogP contribution in [0.2, 0.25) is 0 Å². The van der Waals surface area contributed by atoms with Crippen LogP contribution in [-0.4, -0.2) is 29.4 Å². The molecular formula is C28H24IN3O6. The topological polar surface area (TPSA) is 119 Å². The lowest BCUT2D eigenvalue weighted by atomic mass is 9.98. The molecule has 0 spiro atoms. The Morgan fingerprint density at radius 2 is 1.76 bits per heavy atom. The SMILES string of the molecule is CCOc1cc(/C=C2\C(=O)NC(=O)N(c3cccc([N+](=O)[O-])c3)C2=O)cc(I)c1Cc1cc(C)cc(C)c1. The summed E-state index contributed by atoms with van der Waals surface area (Å²) < 4.78 is 6.81. The predicted molar refractivity (Wildman–Crippen MR) is 151 cm³/mol. The minimum absolute atomic E-state index is 0.0199. The molecule has 10 heteroatoms. The summed E-state index contributed by atoms with van der Waals surface area (Å²) in [5, 5.41) is 13.3. The molecule has 1 fully saturated rings. The first-order chi connectivity index (χ1) is 18.1. The van der Waals surface area contributed by atoms with E-state index in [2.05, 4.69) is 46.1 Å². The number of hydrogen-bond donors (Lipinski definition) is 1. The third-order valence-corrected chi connectivity index (χ3v) is 6.81. The highest BCUT2D eigenvalue weighted by Gasteiger charge is 2.37. The molecule has 9 nitrogen and oxygen atoms in total. The van der Waals surface area contributed by atoms with E-state index in [0.29, 0.717) is 29.2 Å². The standard InChI is InChI=1S/C28H24IN3O6/c1-4-38-25-14-19(13-24(29)22(25)11-18-9-16(2)8-17(3)10-18)12-23-26(33)30-28(35)31(27(23)34)20-6-5-7-21(15-20)32(36)37/h5-10,12-15H,4,11H2,1-3H3,(H,30,33,35)/b23-12+. The number of nitro groups is 1. The number of halogens is 1. The molecule has 0 aromatic heterocycles. The van der Waals surface area contributed by atoms with E-state index in [4.69, 9.17) is 4.74 Å². The minimum atomic E-state index is -0.981. The highest BCUT2D eigenvalue weighted by atomic mass is 127. The molecule has 0 aliphatic carbocycles. The number of ether oxygens (including phenoxy) is 1. The second-order valence-electron chi connectivity index (χ2n) is 8.82. The van der Waals surface area contributed by atoms with Crippen LogP contribution in [0, 0.1) is 27.5 Å². The van der Waals surface area contributed by atoms with Crippen molar-refractivity contribution in [2.24, 2.45) is 0 Å². The summed E-state index contributed by atoms with van der Waals surface area (Å²) in [5.74, 6) is -1.11. The molecule has 1 heterocycles. The predicted octanol–water partition coefficient (Wildman–Crippen LogP) is 5.47. The molecule has 4 amide bonds. The number of hydrogen-bond acceptors (Lipinski definition) is 6. The van der Waals surface area contributed by atoms with Crippen molar-refractivity contribution in [3.05, 3.63) is 102 Å². The Morgan fingerprint density at radius 3 is 2.42 bits per heavy atom. The van der Waals surface area contributed by atoms with E-state index in [1.807, 2.05) is 26.8 Å². The van der Waals surface area contributed by atoms with E-state index in [1.54, 1.807) is 6.07 Å². The Morgan fingerprint density at radius 1 is 1.05 bits per heavy atom. The van der Waals surface area contributed by atoms with Gasteiger partial charge >= 0.3 is 6.03 Å². The number of benzene rings is 3. The van der Waals surface area contributed by atoms with Crippen LogP contribution < -0.4 is 15.0 Å². The summed E-state index contributed by atoms with van der Waals surface area (Å²) in [7, 11) is 0. The quantitative estimate of drug-likeness (QED) is 0.122. The molecule has 1 aliphatic heterocycles. The normalized spacial score (nSPS) is 14.6. The number of anilines is 1.